The van der Waals surface area contributed by atoms with Crippen molar-refractivity contribution < 1.29 is 4.74 Å². The third-order valence-corrected chi connectivity index (χ3v) is 4.36. The number of rotatable bonds is 2. The Morgan fingerprint density at radius 3 is 3.00 bits per heavy atom. The van der Waals surface area contributed by atoms with Crippen molar-refractivity contribution in [2.75, 3.05) is 18.9 Å². The Morgan fingerprint density at radius 2 is 2.26 bits per heavy atom. The van der Waals surface area contributed by atoms with Crippen LogP contribution in [0.15, 0.2) is 42.7 Å². The molecule has 0 unspecified atom stereocenters. The highest BCUT2D eigenvalue weighted by atomic mass is 16.5. The van der Waals surface area contributed by atoms with Crippen molar-refractivity contribution in [2.24, 2.45) is 0 Å². The van der Waals surface area contributed by atoms with Gasteiger partial charge in [-0.15, -0.1) is 0 Å². The quantitative estimate of drug-likeness (QED) is 0.789. The van der Waals surface area contributed by atoms with E-state index in [4.69, 9.17) is 10.5 Å². The van der Waals surface area contributed by atoms with E-state index in [9.17, 15) is 5.26 Å². The summed E-state index contributed by atoms with van der Waals surface area (Å²) in [6, 6.07) is 12.3. The summed E-state index contributed by atoms with van der Waals surface area (Å²) in [5.41, 5.74) is 10.4. The average Bonchev–Trinajstić information content (AvgIpc) is 3.23. The van der Waals surface area contributed by atoms with Crippen molar-refractivity contribution in [3.05, 3.63) is 53.9 Å². The Kier molecular flexibility index (Phi) is 3.25. The molecule has 0 aromatic carbocycles. The van der Waals surface area contributed by atoms with Crippen LogP contribution in [0.5, 0.6) is 0 Å². The standard InChI is InChI=1S/C18H16N4O/c19-9-16-15(12-4-6-23-11-12)8-17(21-18(16)20)13-7-14-3-1-2-5-22(14)10-13/h1-3,5,7-8,10,12H,4,6,11H2,(H2,20,21)/t12-/m1/s1. The van der Waals surface area contributed by atoms with Crippen LogP contribution in [-0.4, -0.2) is 22.6 Å². The Bertz CT molecular complexity index is 883. The van der Waals surface area contributed by atoms with Gasteiger partial charge < -0.3 is 14.9 Å². The number of nitriles is 1. The maximum absolute atomic E-state index is 9.42. The number of anilines is 1. The molecule has 0 saturated carbocycles. The lowest BCUT2D eigenvalue weighted by Crippen LogP contribution is -2.06. The molecule has 5 nitrogen and oxygen atoms in total. The molecule has 1 atom stereocenters. The van der Waals surface area contributed by atoms with Gasteiger partial charge in [-0.2, -0.15) is 5.26 Å². The number of fused-ring (bicyclic) bond motifs is 1. The zero-order valence-corrected chi connectivity index (χ0v) is 12.6. The van der Waals surface area contributed by atoms with E-state index in [1.807, 2.05) is 41.1 Å². The normalized spacial score (nSPS) is 17.4. The number of nitrogens with zero attached hydrogens (tertiary/aromatic N) is 3. The Balaban J connectivity index is 1.87. The number of hydrogen-bond acceptors (Lipinski definition) is 4. The zero-order chi connectivity index (χ0) is 15.8. The predicted molar refractivity (Wildman–Crippen MR) is 87.9 cm³/mol. The average molecular weight is 304 g/mol. The summed E-state index contributed by atoms with van der Waals surface area (Å²) < 4.78 is 7.52. The molecule has 2 N–H and O–H groups in total. The van der Waals surface area contributed by atoms with Gasteiger partial charge in [-0.1, -0.05) is 6.07 Å². The predicted octanol–water partition coefficient (Wildman–Crippen LogP) is 2.96. The van der Waals surface area contributed by atoms with E-state index in [1.165, 1.54) is 0 Å². The summed E-state index contributed by atoms with van der Waals surface area (Å²) >= 11 is 0. The second-order valence-corrected chi connectivity index (χ2v) is 5.79. The topological polar surface area (TPSA) is 76.3 Å². The second-order valence-electron chi connectivity index (χ2n) is 5.79. The molecule has 1 aliphatic heterocycles. The van der Waals surface area contributed by atoms with Crippen molar-refractivity contribution in [1.29, 1.82) is 5.26 Å². The smallest absolute Gasteiger partial charge is 0.142 e. The van der Waals surface area contributed by atoms with Gasteiger partial charge in [-0.05, 0) is 36.2 Å². The number of aromatic nitrogens is 2. The van der Waals surface area contributed by atoms with Gasteiger partial charge >= 0.3 is 0 Å². The minimum atomic E-state index is 0.214. The lowest BCUT2D eigenvalue weighted by atomic mass is 9.93. The molecule has 0 bridgehead atoms. The van der Waals surface area contributed by atoms with Crippen molar-refractivity contribution in [3.8, 4) is 17.3 Å². The number of nitrogen functional groups attached to an aromatic ring is 1. The molecule has 3 aromatic rings. The highest BCUT2D eigenvalue weighted by Crippen LogP contribution is 2.33. The SMILES string of the molecule is N#Cc1c([C@@H]2CCOC2)cc(-c2cc3ccccn3c2)nc1N. The summed E-state index contributed by atoms with van der Waals surface area (Å²) in [6.07, 6.45) is 4.94. The molecule has 4 heterocycles. The minimum absolute atomic E-state index is 0.214. The molecular formula is C18H16N4O. The van der Waals surface area contributed by atoms with E-state index in [2.05, 4.69) is 17.1 Å². The van der Waals surface area contributed by atoms with Gasteiger partial charge in [0.1, 0.15) is 11.9 Å². The number of nitrogens with two attached hydrogens (primary N) is 1. The van der Waals surface area contributed by atoms with E-state index in [0.29, 0.717) is 18.0 Å². The van der Waals surface area contributed by atoms with Gasteiger partial charge in [-0.3, -0.25) is 0 Å². The third kappa shape index (κ3) is 2.33. The summed E-state index contributed by atoms with van der Waals surface area (Å²) in [5, 5.41) is 9.42. The van der Waals surface area contributed by atoms with Crippen LogP contribution < -0.4 is 5.73 Å². The highest BCUT2D eigenvalue weighted by molar-refractivity contribution is 5.71. The summed E-state index contributed by atoms with van der Waals surface area (Å²) in [5.74, 6) is 0.507. The van der Waals surface area contributed by atoms with Crippen molar-refractivity contribution >= 4 is 11.3 Å². The van der Waals surface area contributed by atoms with Crippen LogP contribution >= 0.6 is 0 Å². The van der Waals surface area contributed by atoms with Crippen molar-refractivity contribution in [2.45, 2.75) is 12.3 Å². The molecule has 23 heavy (non-hydrogen) atoms. The van der Waals surface area contributed by atoms with Gasteiger partial charge in [0.2, 0.25) is 0 Å². The van der Waals surface area contributed by atoms with Crippen LogP contribution in [-0.2, 0) is 4.74 Å². The molecule has 4 rings (SSSR count). The van der Waals surface area contributed by atoms with Gasteiger partial charge in [0.25, 0.3) is 0 Å². The van der Waals surface area contributed by atoms with E-state index < -0.39 is 0 Å². The van der Waals surface area contributed by atoms with Crippen LogP contribution in [0.1, 0.15) is 23.5 Å². The first kappa shape index (κ1) is 13.8. The van der Waals surface area contributed by atoms with Crippen molar-refractivity contribution in [1.82, 2.24) is 9.38 Å². The van der Waals surface area contributed by atoms with Crippen LogP contribution in [0.2, 0.25) is 0 Å². The van der Waals surface area contributed by atoms with E-state index >= 15 is 0 Å². The van der Waals surface area contributed by atoms with E-state index in [-0.39, 0.29) is 5.92 Å². The molecule has 1 saturated heterocycles. The van der Waals surface area contributed by atoms with Gasteiger partial charge in [-0.25, -0.2) is 4.98 Å². The molecule has 3 aromatic heterocycles. The first-order valence-electron chi connectivity index (χ1n) is 7.61. The number of hydrogen-bond donors (Lipinski definition) is 1. The van der Waals surface area contributed by atoms with E-state index in [1.54, 1.807) is 0 Å². The maximum atomic E-state index is 9.42. The number of ether oxygens (including phenoxy) is 1. The van der Waals surface area contributed by atoms with E-state index in [0.717, 1.165) is 35.4 Å². The largest absolute Gasteiger partial charge is 0.383 e. The second kappa shape index (κ2) is 5.41. The monoisotopic (exact) mass is 304 g/mol. The highest BCUT2D eigenvalue weighted by Gasteiger charge is 2.23. The summed E-state index contributed by atoms with van der Waals surface area (Å²) in [7, 11) is 0. The lowest BCUT2D eigenvalue weighted by molar-refractivity contribution is 0.194. The molecule has 114 valence electrons. The van der Waals surface area contributed by atoms with Gasteiger partial charge in [0.05, 0.1) is 17.9 Å². The Labute approximate surface area is 133 Å². The molecule has 0 spiro atoms. The number of pyridine rings is 2. The molecule has 0 aliphatic carbocycles. The lowest BCUT2D eigenvalue weighted by Gasteiger charge is -2.13. The first-order chi connectivity index (χ1) is 11.3. The molecule has 0 amide bonds. The molecular weight excluding hydrogens is 288 g/mol. The first-order valence-corrected chi connectivity index (χ1v) is 7.61. The van der Waals surface area contributed by atoms with Crippen LogP contribution in [0, 0.1) is 11.3 Å². The van der Waals surface area contributed by atoms with Crippen LogP contribution in [0.4, 0.5) is 5.82 Å². The fourth-order valence-corrected chi connectivity index (χ4v) is 3.15. The van der Waals surface area contributed by atoms with Crippen molar-refractivity contribution in [3.63, 3.8) is 0 Å². The summed E-state index contributed by atoms with van der Waals surface area (Å²) in [6.45, 7) is 1.36. The van der Waals surface area contributed by atoms with Crippen LogP contribution in [0.25, 0.3) is 16.8 Å². The third-order valence-electron chi connectivity index (χ3n) is 4.36. The molecule has 5 heteroatoms. The maximum Gasteiger partial charge on any atom is 0.142 e. The Hall–Kier alpha value is -2.84. The van der Waals surface area contributed by atoms with Gasteiger partial charge in [0.15, 0.2) is 0 Å². The minimum Gasteiger partial charge on any atom is -0.383 e. The van der Waals surface area contributed by atoms with Crippen LogP contribution in [0.3, 0.4) is 0 Å². The molecule has 1 aliphatic rings. The molecule has 0 radical (unpaired) electrons. The van der Waals surface area contributed by atoms with Gasteiger partial charge in [0, 0.05) is 36.0 Å². The Morgan fingerprint density at radius 1 is 1.35 bits per heavy atom. The fourth-order valence-electron chi connectivity index (χ4n) is 3.15. The molecule has 1 fully saturated rings. The summed E-state index contributed by atoms with van der Waals surface area (Å²) in [4.78, 5) is 4.44. The zero-order valence-electron chi connectivity index (χ0n) is 12.6. The fraction of sp³-hybridized carbons (Fsp3) is 0.222.